The first-order chi connectivity index (χ1) is 13.5. The molecule has 1 heterocycles. The third kappa shape index (κ3) is 3.66. The fourth-order valence-electron chi connectivity index (χ4n) is 3.03. The topological polar surface area (TPSA) is 104 Å². The van der Waals surface area contributed by atoms with Crippen molar-refractivity contribution in [3.63, 3.8) is 0 Å². The molecule has 3 amide bonds. The number of nitrogens with zero attached hydrogens (tertiary/aromatic N) is 2. The molecule has 2 aromatic carbocycles. The van der Waals surface area contributed by atoms with E-state index in [2.05, 4.69) is 5.32 Å². The van der Waals surface area contributed by atoms with Gasteiger partial charge in [-0.2, -0.15) is 0 Å². The van der Waals surface area contributed by atoms with Crippen molar-refractivity contribution in [3.05, 3.63) is 58.7 Å². The number of amides is 3. The lowest BCUT2D eigenvalue weighted by atomic mass is 10.1. The van der Waals surface area contributed by atoms with E-state index in [1.807, 2.05) is 0 Å². The molecular weight excluding hydrogens is 394 g/mol. The van der Waals surface area contributed by atoms with E-state index in [1.54, 1.807) is 26.0 Å². The molecule has 8 nitrogen and oxygen atoms in total. The van der Waals surface area contributed by atoms with Crippen molar-refractivity contribution < 1.29 is 22.8 Å². The molecule has 152 valence electrons. The number of carbonyl (C=O) groups is 3. The highest BCUT2D eigenvalue weighted by Gasteiger charge is 2.36. The largest absolute Gasteiger partial charge is 0.324 e. The van der Waals surface area contributed by atoms with Gasteiger partial charge in [0.15, 0.2) is 0 Å². The van der Waals surface area contributed by atoms with Crippen LogP contribution in [0.25, 0.3) is 0 Å². The smallest absolute Gasteiger partial charge is 0.262 e. The number of carbonyl (C=O) groups excluding carboxylic acids is 3. The van der Waals surface area contributed by atoms with Crippen molar-refractivity contribution in [2.24, 2.45) is 0 Å². The van der Waals surface area contributed by atoms with Crippen LogP contribution in [-0.4, -0.2) is 56.0 Å². The predicted molar refractivity (Wildman–Crippen MR) is 107 cm³/mol. The number of fused-ring (bicyclic) bond motifs is 1. The number of hydrogen-bond acceptors (Lipinski definition) is 5. The zero-order chi connectivity index (χ0) is 21.5. The van der Waals surface area contributed by atoms with Crippen molar-refractivity contribution in [2.75, 3.05) is 26.0 Å². The third-order valence-corrected chi connectivity index (χ3v) is 6.67. The molecule has 0 unspecified atom stereocenters. The molecule has 9 heteroatoms. The summed E-state index contributed by atoms with van der Waals surface area (Å²) in [5, 5.41) is 2.63. The quantitative estimate of drug-likeness (QED) is 0.750. The zero-order valence-corrected chi connectivity index (χ0v) is 17.3. The maximum absolute atomic E-state index is 12.6. The number of aryl methyl sites for hydroxylation is 1. The predicted octanol–water partition coefficient (Wildman–Crippen LogP) is 1.79. The van der Waals surface area contributed by atoms with Gasteiger partial charge in [-0.15, -0.1) is 0 Å². The zero-order valence-electron chi connectivity index (χ0n) is 16.5. The normalized spacial score (nSPS) is 13.8. The minimum atomic E-state index is -3.69. The molecule has 2 aromatic rings. The van der Waals surface area contributed by atoms with E-state index in [-0.39, 0.29) is 16.0 Å². The summed E-state index contributed by atoms with van der Waals surface area (Å²) in [6.45, 7) is 3.03. The molecule has 0 saturated heterocycles. The fraction of sp³-hybridized carbons (Fsp3) is 0.250. The molecule has 0 saturated carbocycles. The van der Waals surface area contributed by atoms with Gasteiger partial charge >= 0.3 is 0 Å². The number of sulfonamides is 1. The lowest BCUT2D eigenvalue weighted by Crippen LogP contribution is -2.37. The van der Waals surface area contributed by atoms with Crippen molar-refractivity contribution in [3.8, 4) is 0 Å². The fourth-order valence-corrected chi connectivity index (χ4v) is 4.05. The molecular formula is C20H21N3O5S. The van der Waals surface area contributed by atoms with Crippen molar-refractivity contribution >= 4 is 33.4 Å². The lowest BCUT2D eigenvalue weighted by Gasteiger charge is -2.18. The Bertz CT molecular complexity index is 1100. The van der Waals surface area contributed by atoms with Gasteiger partial charge in [-0.25, -0.2) is 12.7 Å². The summed E-state index contributed by atoms with van der Waals surface area (Å²) in [7, 11) is -0.844. The molecule has 0 spiro atoms. The monoisotopic (exact) mass is 415 g/mol. The van der Waals surface area contributed by atoms with Gasteiger partial charge in [-0.3, -0.25) is 19.3 Å². The standard InChI is InChI=1S/C20H21N3O5S/c1-12-9-14(29(27,28)22(3)4)10-17(13(12)2)21-18(24)11-23-19(25)15-7-5-6-8-16(15)20(23)26/h5-10H,11H2,1-4H3,(H,21,24). The number of anilines is 1. The van der Waals surface area contributed by atoms with E-state index in [9.17, 15) is 22.8 Å². The van der Waals surface area contributed by atoms with E-state index < -0.39 is 34.3 Å². The van der Waals surface area contributed by atoms with Crippen molar-refractivity contribution in [1.82, 2.24) is 9.21 Å². The molecule has 1 N–H and O–H groups in total. The first-order valence-corrected chi connectivity index (χ1v) is 10.3. The summed E-state index contributed by atoms with van der Waals surface area (Å²) in [4.78, 5) is 38.3. The summed E-state index contributed by atoms with van der Waals surface area (Å²) in [6.07, 6.45) is 0. The average Bonchev–Trinajstić information content (AvgIpc) is 2.90. The van der Waals surface area contributed by atoms with Crippen LogP contribution < -0.4 is 5.32 Å². The first kappa shape index (κ1) is 20.7. The van der Waals surface area contributed by atoms with E-state index in [0.29, 0.717) is 16.8 Å². The minimum Gasteiger partial charge on any atom is -0.324 e. The second kappa shape index (κ2) is 7.41. The van der Waals surface area contributed by atoms with Gasteiger partial charge in [0.25, 0.3) is 11.8 Å². The Hall–Kier alpha value is -3.04. The Morgan fingerprint density at radius 2 is 1.59 bits per heavy atom. The highest BCUT2D eigenvalue weighted by Crippen LogP contribution is 2.26. The lowest BCUT2D eigenvalue weighted by molar-refractivity contribution is -0.116. The van der Waals surface area contributed by atoms with Crippen molar-refractivity contribution in [1.29, 1.82) is 0 Å². The van der Waals surface area contributed by atoms with Gasteiger partial charge < -0.3 is 5.32 Å². The molecule has 0 fully saturated rings. The molecule has 0 bridgehead atoms. The minimum absolute atomic E-state index is 0.0432. The summed E-state index contributed by atoms with van der Waals surface area (Å²) in [6, 6.07) is 9.28. The van der Waals surface area contributed by atoms with E-state index in [4.69, 9.17) is 0 Å². The molecule has 3 rings (SSSR count). The van der Waals surface area contributed by atoms with E-state index in [1.165, 1.54) is 38.4 Å². The van der Waals surface area contributed by atoms with Crippen LogP contribution in [0, 0.1) is 13.8 Å². The Balaban J connectivity index is 1.84. The van der Waals surface area contributed by atoms with Gasteiger partial charge in [0.1, 0.15) is 6.54 Å². The van der Waals surface area contributed by atoms with Gasteiger partial charge in [0, 0.05) is 19.8 Å². The van der Waals surface area contributed by atoms with Gasteiger partial charge in [-0.1, -0.05) is 12.1 Å². The first-order valence-electron chi connectivity index (χ1n) is 8.83. The second-order valence-corrected chi connectivity index (χ2v) is 9.14. The molecule has 0 radical (unpaired) electrons. The number of benzene rings is 2. The molecule has 1 aliphatic heterocycles. The van der Waals surface area contributed by atoms with Gasteiger partial charge in [-0.05, 0) is 49.2 Å². The van der Waals surface area contributed by atoms with Crippen LogP contribution in [0.15, 0.2) is 41.3 Å². The van der Waals surface area contributed by atoms with Crippen LogP contribution in [-0.2, 0) is 14.8 Å². The number of nitrogens with one attached hydrogen (secondary N) is 1. The molecule has 0 aromatic heterocycles. The summed E-state index contributed by atoms with van der Waals surface area (Å²) < 4.78 is 26.0. The van der Waals surface area contributed by atoms with Crippen LogP contribution in [0.2, 0.25) is 0 Å². The SMILES string of the molecule is Cc1cc(S(=O)(=O)N(C)C)cc(NC(=O)CN2C(=O)c3ccccc3C2=O)c1C. The third-order valence-electron chi connectivity index (χ3n) is 4.87. The van der Waals surface area contributed by atoms with E-state index >= 15 is 0 Å². The Kier molecular flexibility index (Phi) is 5.29. The number of rotatable bonds is 5. The maximum Gasteiger partial charge on any atom is 0.262 e. The van der Waals surface area contributed by atoms with E-state index in [0.717, 1.165) is 9.21 Å². The maximum atomic E-state index is 12.6. The highest BCUT2D eigenvalue weighted by molar-refractivity contribution is 7.89. The molecule has 0 aliphatic carbocycles. The number of imide groups is 1. The van der Waals surface area contributed by atoms with Crippen LogP contribution in [0.5, 0.6) is 0 Å². The number of hydrogen-bond donors (Lipinski definition) is 1. The Morgan fingerprint density at radius 1 is 1.03 bits per heavy atom. The van der Waals surface area contributed by atoms with Gasteiger partial charge in [0.05, 0.1) is 16.0 Å². The van der Waals surface area contributed by atoms with Crippen LogP contribution in [0.3, 0.4) is 0 Å². The van der Waals surface area contributed by atoms with Crippen molar-refractivity contribution in [2.45, 2.75) is 18.7 Å². The molecule has 1 aliphatic rings. The second-order valence-electron chi connectivity index (χ2n) is 6.99. The Labute approximate surface area is 169 Å². The summed E-state index contributed by atoms with van der Waals surface area (Å²) in [5.41, 5.74) is 2.21. The Morgan fingerprint density at radius 3 is 2.10 bits per heavy atom. The molecule has 0 atom stereocenters. The van der Waals surface area contributed by atoms with Crippen LogP contribution in [0.4, 0.5) is 5.69 Å². The van der Waals surface area contributed by atoms with Crippen LogP contribution >= 0.6 is 0 Å². The summed E-state index contributed by atoms with van der Waals surface area (Å²) in [5.74, 6) is -1.66. The van der Waals surface area contributed by atoms with Crippen LogP contribution in [0.1, 0.15) is 31.8 Å². The molecule has 29 heavy (non-hydrogen) atoms. The van der Waals surface area contributed by atoms with Gasteiger partial charge in [0.2, 0.25) is 15.9 Å². The average molecular weight is 415 g/mol. The highest BCUT2D eigenvalue weighted by atomic mass is 32.2. The summed E-state index contributed by atoms with van der Waals surface area (Å²) >= 11 is 0.